The Kier molecular flexibility index (Phi) is 4.62. The first-order valence-corrected chi connectivity index (χ1v) is 8.37. The van der Waals surface area contributed by atoms with E-state index in [4.69, 9.17) is 15.2 Å². The summed E-state index contributed by atoms with van der Waals surface area (Å²) < 4.78 is 12.7. The molecule has 10 nitrogen and oxygen atoms in total. The lowest BCUT2D eigenvalue weighted by atomic mass is 10.1. The molecule has 4 atom stereocenters. The Balaban J connectivity index is 1.66. The molecule has 0 amide bonds. The van der Waals surface area contributed by atoms with Gasteiger partial charge in [0.25, 0.3) is 0 Å². The van der Waals surface area contributed by atoms with Gasteiger partial charge in [0.1, 0.15) is 24.9 Å². The number of nitrogens with zero attached hydrogens (tertiary/aromatic N) is 4. The van der Waals surface area contributed by atoms with Gasteiger partial charge in [0.15, 0.2) is 17.4 Å². The van der Waals surface area contributed by atoms with Gasteiger partial charge in [-0.15, -0.1) is 0 Å². The topological polar surface area (TPSA) is 149 Å². The molecule has 0 aliphatic carbocycles. The van der Waals surface area contributed by atoms with Crippen molar-refractivity contribution in [3.63, 3.8) is 0 Å². The van der Waals surface area contributed by atoms with Gasteiger partial charge in [-0.3, -0.25) is 4.57 Å². The van der Waals surface area contributed by atoms with Crippen LogP contribution >= 0.6 is 0 Å². The monoisotopic (exact) mass is 373 g/mol. The van der Waals surface area contributed by atoms with Crippen LogP contribution in [-0.2, 0) is 11.3 Å². The van der Waals surface area contributed by atoms with Crippen molar-refractivity contribution in [1.29, 1.82) is 0 Å². The van der Waals surface area contributed by atoms with E-state index in [0.717, 1.165) is 5.56 Å². The van der Waals surface area contributed by atoms with Crippen LogP contribution in [0.4, 0.5) is 5.95 Å². The number of imidazole rings is 1. The fraction of sp³-hybridized carbons (Fsp3) is 0.353. The van der Waals surface area contributed by atoms with Crippen molar-refractivity contribution in [3.05, 3.63) is 42.2 Å². The van der Waals surface area contributed by atoms with Crippen molar-refractivity contribution < 1.29 is 24.8 Å². The highest BCUT2D eigenvalue weighted by Gasteiger charge is 2.44. The van der Waals surface area contributed by atoms with Crippen molar-refractivity contribution in [1.82, 2.24) is 19.5 Å². The van der Waals surface area contributed by atoms with Crippen molar-refractivity contribution in [2.75, 3.05) is 12.3 Å². The van der Waals surface area contributed by atoms with Crippen molar-refractivity contribution in [2.45, 2.75) is 31.1 Å². The molecule has 3 heterocycles. The summed E-state index contributed by atoms with van der Waals surface area (Å²) in [6, 6.07) is 9.55. The number of aliphatic hydroxyl groups is 3. The number of benzene rings is 1. The largest absolute Gasteiger partial charge is 0.471 e. The first-order chi connectivity index (χ1) is 13.1. The van der Waals surface area contributed by atoms with Crippen LogP contribution in [0.25, 0.3) is 11.2 Å². The number of ether oxygens (including phenoxy) is 2. The van der Waals surface area contributed by atoms with Crippen LogP contribution in [0.5, 0.6) is 5.88 Å². The van der Waals surface area contributed by atoms with Crippen molar-refractivity contribution in [2.24, 2.45) is 0 Å². The van der Waals surface area contributed by atoms with Gasteiger partial charge in [0.2, 0.25) is 11.8 Å². The Morgan fingerprint density at radius 2 is 1.93 bits per heavy atom. The smallest absolute Gasteiger partial charge is 0.247 e. The summed E-state index contributed by atoms with van der Waals surface area (Å²) in [5.41, 5.74) is 7.39. The van der Waals surface area contributed by atoms with Gasteiger partial charge in [-0.2, -0.15) is 9.97 Å². The highest BCUT2D eigenvalue weighted by atomic mass is 16.6. The van der Waals surface area contributed by atoms with Crippen LogP contribution in [0.1, 0.15) is 11.8 Å². The average molecular weight is 373 g/mol. The standard InChI is InChI=1S/C17H19N5O5/c18-17-20-14-11(15(21-17)26-7-9-4-2-1-3-5-9)19-8-22(14)16-13(25)12(24)10(6-23)27-16/h1-5,8,10,12-13,16,23-25H,6-7H2,(H2,18,20,21)/t10-,12+,13?,16-/m1/s1. The van der Waals surface area contributed by atoms with Crippen molar-refractivity contribution >= 4 is 17.1 Å². The Bertz CT molecular complexity index is 934. The molecule has 27 heavy (non-hydrogen) atoms. The number of rotatable bonds is 5. The molecule has 1 unspecified atom stereocenters. The molecule has 3 aromatic rings. The number of nitrogen functional groups attached to an aromatic ring is 1. The third-order valence-electron chi connectivity index (χ3n) is 4.42. The molecular weight excluding hydrogens is 354 g/mol. The van der Waals surface area contributed by atoms with Gasteiger partial charge >= 0.3 is 0 Å². The minimum Gasteiger partial charge on any atom is -0.471 e. The van der Waals surface area contributed by atoms with E-state index >= 15 is 0 Å². The summed E-state index contributed by atoms with van der Waals surface area (Å²) in [5, 5.41) is 29.5. The molecule has 1 aliphatic heterocycles. The zero-order chi connectivity index (χ0) is 19.0. The summed E-state index contributed by atoms with van der Waals surface area (Å²) in [5.74, 6) is 0.172. The Morgan fingerprint density at radius 1 is 1.15 bits per heavy atom. The zero-order valence-corrected chi connectivity index (χ0v) is 14.2. The normalized spacial score (nSPS) is 25.1. The first kappa shape index (κ1) is 17.6. The molecule has 0 bridgehead atoms. The zero-order valence-electron chi connectivity index (χ0n) is 14.2. The number of hydrogen-bond acceptors (Lipinski definition) is 9. The number of aliphatic hydroxyl groups excluding tert-OH is 3. The molecule has 1 aliphatic rings. The summed E-state index contributed by atoms with van der Waals surface area (Å²) in [6.07, 6.45) is -2.97. The maximum Gasteiger partial charge on any atom is 0.247 e. The summed E-state index contributed by atoms with van der Waals surface area (Å²) >= 11 is 0. The van der Waals surface area contributed by atoms with E-state index < -0.39 is 31.1 Å². The highest BCUT2D eigenvalue weighted by Crippen LogP contribution is 2.33. The lowest BCUT2D eigenvalue weighted by Crippen LogP contribution is -2.33. The molecule has 1 aromatic carbocycles. The van der Waals surface area contributed by atoms with E-state index in [0.29, 0.717) is 11.2 Å². The number of anilines is 1. The summed E-state index contributed by atoms with van der Waals surface area (Å²) in [4.78, 5) is 12.5. The van der Waals surface area contributed by atoms with Crippen LogP contribution in [0.15, 0.2) is 36.7 Å². The average Bonchev–Trinajstić information content (AvgIpc) is 3.22. The minimum atomic E-state index is -1.26. The van der Waals surface area contributed by atoms with Crippen LogP contribution < -0.4 is 10.5 Å². The molecule has 4 rings (SSSR count). The Morgan fingerprint density at radius 3 is 2.63 bits per heavy atom. The Labute approximate surface area is 153 Å². The SMILES string of the molecule is Nc1nc(OCc2ccccc2)c2ncn([C@@H]3O[C@H](CO)[C@H](O)C3O)c2n1. The fourth-order valence-corrected chi connectivity index (χ4v) is 3.03. The third kappa shape index (κ3) is 3.19. The molecule has 0 saturated carbocycles. The lowest BCUT2D eigenvalue weighted by molar-refractivity contribution is -0.0511. The molecule has 0 radical (unpaired) electrons. The first-order valence-electron chi connectivity index (χ1n) is 8.37. The van der Waals surface area contributed by atoms with Crippen LogP contribution in [0.2, 0.25) is 0 Å². The third-order valence-corrected chi connectivity index (χ3v) is 4.42. The van der Waals surface area contributed by atoms with Gasteiger partial charge in [0.05, 0.1) is 12.9 Å². The van der Waals surface area contributed by atoms with Gasteiger partial charge in [-0.05, 0) is 5.56 Å². The lowest BCUT2D eigenvalue weighted by Gasteiger charge is -2.16. The highest BCUT2D eigenvalue weighted by molar-refractivity contribution is 5.77. The second kappa shape index (κ2) is 7.08. The van der Waals surface area contributed by atoms with Crippen LogP contribution in [0, 0.1) is 0 Å². The number of hydrogen-bond donors (Lipinski definition) is 4. The van der Waals surface area contributed by atoms with E-state index in [1.165, 1.54) is 10.9 Å². The van der Waals surface area contributed by atoms with Gasteiger partial charge in [-0.1, -0.05) is 30.3 Å². The quantitative estimate of drug-likeness (QED) is 0.468. The molecule has 1 fully saturated rings. The second-order valence-corrected chi connectivity index (χ2v) is 6.21. The van der Waals surface area contributed by atoms with E-state index in [2.05, 4.69) is 15.0 Å². The van der Waals surface area contributed by atoms with Crippen LogP contribution in [0.3, 0.4) is 0 Å². The maximum absolute atomic E-state index is 10.2. The van der Waals surface area contributed by atoms with E-state index in [1.54, 1.807) is 0 Å². The number of fused-ring (bicyclic) bond motifs is 1. The maximum atomic E-state index is 10.2. The molecule has 0 spiro atoms. The molecule has 142 valence electrons. The predicted molar refractivity (Wildman–Crippen MR) is 93.5 cm³/mol. The van der Waals surface area contributed by atoms with Gasteiger partial charge in [-0.25, -0.2) is 4.98 Å². The summed E-state index contributed by atoms with van der Waals surface area (Å²) in [6.45, 7) is -0.156. The molecule has 1 saturated heterocycles. The molecule has 10 heteroatoms. The van der Waals surface area contributed by atoms with Crippen LogP contribution in [-0.4, -0.2) is 59.8 Å². The molecular formula is C17H19N5O5. The number of nitrogens with two attached hydrogens (primary N) is 1. The van der Waals surface area contributed by atoms with Gasteiger partial charge in [0, 0.05) is 0 Å². The van der Waals surface area contributed by atoms with E-state index in [9.17, 15) is 15.3 Å². The number of aromatic nitrogens is 4. The summed E-state index contributed by atoms with van der Waals surface area (Å²) in [7, 11) is 0. The van der Waals surface area contributed by atoms with Crippen molar-refractivity contribution in [3.8, 4) is 5.88 Å². The second-order valence-electron chi connectivity index (χ2n) is 6.21. The Hall–Kier alpha value is -2.79. The molecule has 5 N–H and O–H groups in total. The minimum absolute atomic E-state index is 0.0287. The fourth-order valence-electron chi connectivity index (χ4n) is 3.03. The molecule has 2 aromatic heterocycles. The van der Waals surface area contributed by atoms with Gasteiger partial charge < -0.3 is 30.5 Å². The van der Waals surface area contributed by atoms with E-state index in [1.807, 2.05) is 30.3 Å². The van der Waals surface area contributed by atoms with E-state index in [-0.39, 0.29) is 18.4 Å². The predicted octanol–water partition coefficient (Wildman–Crippen LogP) is -0.401.